The van der Waals surface area contributed by atoms with Crippen molar-refractivity contribution in [1.29, 1.82) is 0 Å². The van der Waals surface area contributed by atoms with E-state index < -0.39 is 0 Å². The third-order valence-electron chi connectivity index (χ3n) is 2.32. The van der Waals surface area contributed by atoms with Gasteiger partial charge in [0.25, 0.3) is 0 Å². The van der Waals surface area contributed by atoms with E-state index in [0.29, 0.717) is 22.8 Å². The quantitative estimate of drug-likeness (QED) is 0.512. The lowest BCUT2D eigenvalue weighted by molar-refractivity contribution is 0.673. The average molecular weight is 225 g/mol. The standard InChI is InChI=1S/C9H15N5S/c10-7-4-8(11)14-9(13-7)15-5-6-2-1-3-12-6/h4,6,12H,1-3,5H2,(H4,10,11,13,14)/t6-/m1/s1. The first kappa shape index (κ1) is 10.5. The van der Waals surface area contributed by atoms with Crippen LogP contribution in [0.1, 0.15) is 12.8 Å². The van der Waals surface area contributed by atoms with Gasteiger partial charge < -0.3 is 16.8 Å². The Morgan fingerprint density at radius 2 is 2.13 bits per heavy atom. The number of nitrogens with two attached hydrogens (primary N) is 2. The Morgan fingerprint density at radius 3 is 2.73 bits per heavy atom. The number of thioether (sulfide) groups is 1. The minimum Gasteiger partial charge on any atom is -0.383 e. The van der Waals surface area contributed by atoms with E-state index in [2.05, 4.69) is 15.3 Å². The van der Waals surface area contributed by atoms with Crippen LogP contribution < -0.4 is 16.8 Å². The Labute approximate surface area is 93.0 Å². The van der Waals surface area contributed by atoms with Crippen molar-refractivity contribution >= 4 is 23.4 Å². The van der Waals surface area contributed by atoms with E-state index in [0.717, 1.165) is 12.3 Å². The number of aromatic nitrogens is 2. The average Bonchev–Trinajstić information content (AvgIpc) is 2.65. The van der Waals surface area contributed by atoms with Crippen LogP contribution in [0, 0.1) is 0 Å². The number of nitrogens with one attached hydrogen (secondary N) is 1. The van der Waals surface area contributed by atoms with Gasteiger partial charge >= 0.3 is 0 Å². The van der Waals surface area contributed by atoms with Crippen molar-refractivity contribution in [2.24, 2.45) is 0 Å². The number of anilines is 2. The Morgan fingerprint density at radius 1 is 1.40 bits per heavy atom. The zero-order chi connectivity index (χ0) is 10.7. The van der Waals surface area contributed by atoms with Crippen LogP contribution in [0.4, 0.5) is 11.6 Å². The normalized spacial score (nSPS) is 20.7. The fourth-order valence-electron chi connectivity index (χ4n) is 1.60. The van der Waals surface area contributed by atoms with Gasteiger partial charge in [0.15, 0.2) is 5.16 Å². The van der Waals surface area contributed by atoms with Crippen LogP contribution in [0.5, 0.6) is 0 Å². The molecule has 1 saturated heterocycles. The van der Waals surface area contributed by atoms with Gasteiger partial charge in [-0.25, -0.2) is 9.97 Å². The second-order valence-electron chi connectivity index (χ2n) is 3.60. The molecule has 2 heterocycles. The molecule has 0 bridgehead atoms. The summed E-state index contributed by atoms with van der Waals surface area (Å²) in [6.07, 6.45) is 2.48. The van der Waals surface area contributed by atoms with Crippen LogP contribution >= 0.6 is 11.8 Å². The summed E-state index contributed by atoms with van der Waals surface area (Å²) in [5, 5.41) is 4.08. The first-order chi connectivity index (χ1) is 7.24. The third-order valence-corrected chi connectivity index (χ3v) is 3.33. The maximum Gasteiger partial charge on any atom is 0.191 e. The van der Waals surface area contributed by atoms with Gasteiger partial charge in [0.05, 0.1) is 0 Å². The summed E-state index contributed by atoms with van der Waals surface area (Å²) in [6.45, 7) is 1.12. The minimum absolute atomic E-state index is 0.435. The highest BCUT2D eigenvalue weighted by Gasteiger charge is 2.14. The van der Waals surface area contributed by atoms with E-state index in [9.17, 15) is 0 Å². The van der Waals surface area contributed by atoms with E-state index in [1.54, 1.807) is 17.8 Å². The van der Waals surface area contributed by atoms with E-state index in [4.69, 9.17) is 11.5 Å². The Hall–Kier alpha value is -1.01. The van der Waals surface area contributed by atoms with Crippen molar-refractivity contribution in [3.8, 4) is 0 Å². The van der Waals surface area contributed by atoms with Crippen molar-refractivity contribution in [1.82, 2.24) is 15.3 Å². The largest absolute Gasteiger partial charge is 0.383 e. The zero-order valence-corrected chi connectivity index (χ0v) is 9.26. The van der Waals surface area contributed by atoms with Gasteiger partial charge in [-0.05, 0) is 19.4 Å². The second kappa shape index (κ2) is 4.67. The van der Waals surface area contributed by atoms with Crippen LogP contribution in [-0.4, -0.2) is 28.3 Å². The van der Waals surface area contributed by atoms with Crippen LogP contribution in [0.25, 0.3) is 0 Å². The Balaban J connectivity index is 1.92. The Kier molecular flexibility index (Phi) is 3.27. The summed E-state index contributed by atoms with van der Waals surface area (Å²) < 4.78 is 0. The topological polar surface area (TPSA) is 89.9 Å². The molecule has 1 aliphatic rings. The summed E-state index contributed by atoms with van der Waals surface area (Å²) in [5.41, 5.74) is 11.2. The lowest BCUT2D eigenvalue weighted by Gasteiger charge is -2.08. The molecule has 0 radical (unpaired) electrons. The molecule has 0 spiro atoms. The molecule has 1 fully saturated rings. The van der Waals surface area contributed by atoms with Crippen molar-refractivity contribution in [3.05, 3.63) is 6.07 Å². The molecule has 2 rings (SSSR count). The lowest BCUT2D eigenvalue weighted by atomic mass is 10.3. The van der Waals surface area contributed by atoms with E-state index in [1.165, 1.54) is 12.8 Å². The molecule has 1 aromatic rings. The lowest BCUT2D eigenvalue weighted by Crippen LogP contribution is -2.23. The molecular weight excluding hydrogens is 210 g/mol. The number of nitrogens with zero attached hydrogens (tertiary/aromatic N) is 2. The summed E-state index contributed by atoms with van der Waals surface area (Å²) in [4.78, 5) is 8.23. The molecule has 5 N–H and O–H groups in total. The molecule has 6 heteroatoms. The fourth-order valence-corrected chi connectivity index (χ4v) is 2.58. The number of hydrogen-bond donors (Lipinski definition) is 3. The van der Waals surface area contributed by atoms with Gasteiger partial charge in [-0.1, -0.05) is 11.8 Å². The first-order valence-corrected chi connectivity index (χ1v) is 5.99. The minimum atomic E-state index is 0.435. The molecule has 0 unspecified atom stereocenters. The van der Waals surface area contributed by atoms with Gasteiger partial charge in [-0.15, -0.1) is 0 Å². The van der Waals surface area contributed by atoms with Crippen molar-refractivity contribution < 1.29 is 0 Å². The van der Waals surface area contributed by atoms with Crippen molar-refractivity contribution in [2.45, 2.75) is 24.0 Å². The van der Waals surface area contributed by atoms with Crippen LogP contribution in [-0.2, 0) is 0 Å². The highest BCUT2D eigenvalue weighted by Crippen LogP contribution is 2.19. The SMILES string of the molecule is Nc1cc(N)nc(SC[C@H]2CCCN2)n1. The van der Waals surface area contributed by atoms with Gasteiger partial charge in [0.2, 0.25) is 0 Å². The zero-order valence-electron chi connectivity index (χ0n) is 8.44. The monoisotopic (exact) mass is 225 g/mol. The highest BCUT2D eigenvalue weighted by molar-refractivity contribution is 7.99. The van der Waals surface area contributed by atoms with Gasteiger partial charge in [-0.3, -0.25) is 0 Å². The van der Waals surface area contributed by atoms with E-state index >= 15 is 0 Å². The maximum atomic E-state index is 5.58. The fraction of sp³-hybridized carbons (Fsp3) is 0.556. The van der Waals surface area contributed by atoms with Gasteiger partial charge in [-0.2, -0.15) is 0 Å². The van der Waals surface area contributed by atoms with Crippen LogP contribution in [0.3, 0.4) is 0 Å². The van der Waals surface area contributed by atoms with E-state index in [-0.39, 0.29) is 0 Å². The summed E-state index contributed by atoms with van der Waals surface area (Å²) in [7, 11) is 0. The summed E-state index contributed by atoms with van der Waals surface area (Å²) >= 11 is 1.60. The molecule has 1 aliphatic heterocycles. The molecule has 0 aromatic carbocycles. The molecule has 15 heavy (non-hydrogen) atoms. The summed E-state index contributed by atoms with van der Waals surface area (Å²) in [5.74, 6) is 1.84. The molecule has 1 atom stereocenters. The molecule has 0 aliphatic carbocycles. The van der Waals surface area contributed by atoms with Crippen LogP contribution in [0.15, 0.2) is 11.2 Å². The highest BCUT2D eigenvalue weighted by atomic mass is 32.2. The first-order valence-electron chi connectivity index (χ1n) is 5.00. The molecular formula is C9H15N5S. The van der Waals surface area contributed by atoms with Gasteiger partial charge in [0.1, 0.15) is 11.6 Å². The molecule has 82 valence electrons. The van der Waals surface area contributed by atoms with Gasteiger partial charge in [0, 0.05) is 17.9 Å². The summed E-state index contributed by atoms with van der Waals surface area (Å²) in [6, 6.07) is 2.14. The third kappa shape index (κ3) is 2.97. The molecule has 0 saturated carbocycles. The number of nitrogen functional groups attached to an aromatic ring is 2. The smallest absolute Gasteiger partial charge is 0.191 e. The number of rotatable bonds is 3. The van der Waals surface area contributed by atoms with Crippen molar-refractivity contribution in [3.63, 3.8) is 0 Å². The predicted molar refractivity (Wildman–Crippen MR) is 62.6 cm³/mol. The molecule has 1 aromatic heterocycles. The maximum absolute atomic E-state index is 5.58. The molecule has 5 nitrogen and oxygen atoms in total. The van der Waals surface area contributed by atoms with Crippen LogP contribution in [0.2, 0.25) is 0 Å². The van der Waals surface area contributed by atoms with E-state index in [1.807, 2.05) is 0 Å². The number of hydrogen-bond acceptors (Lipinski definition) is 6. The molecule has 0 amide bonds. The predicted octanol–water partition coefficient (Wildman–Crippen LogP) is 0.485. The Bertz CT molecular complexity index is 317. The van der Waals surface area contributed by atoms with Crippen molar-refractivity contribution in [2.75, 3.05) is 23.8 Å². The second-order valence-corrected chi connectivity index (χ2v) is 4.59.